The molecule has 0 saturated heterocycles. The van der Waals surface area contributed by atoms with Gasteiger partial charge in [0.1, 0.15) is 5.69 Å². The first-order valence-corrected chi connectivity index (χ1v) is 6.85. The highest BCUT2D eigenvalue weighted by molar-refractivity contribution is 6.06. The van der Waals surface area contributed by atoms with Crippen LogP contribution >= 0.6 is 0 Å². The Labute approximate surface area is 132 Å². The van der Waals surface area contributed by atoms with E-state index in [-0.39, 0.29) is 5.76 Å². The number of aromatic nitrogens is 1. The van der Waals surface area contributed by atoms with Crippen LogP contribution in [0.15, 0.2) is 65.4 Å². The first kappa shape index (κ1) is 14.5. The number of hydrogen-bond acceptors (Lipinski definition) is 4. The fourth-order valence-corrected chi connectivity index (χ4v) is 2.11. The summed E-state index contributed by atoms with van der Waals surface area (Å²) in [6.07, 6.45) is 1.23. The van der Waals surface area contributed by atoms with E-state index < -0.39 is 11.8 Å². The molecule has 0 aliphatic rings. The first-order chi connectivity index (χ1) is 11.1. The molecule has 3 rings (SSSR count). The van der Waals surface area contributed by atoms with Crippen molar-refractivity contribution >= 4 is 17.5 Å². The van der Waals surface area contributed by atoms with E-state index in [0.717, 1.165) is 5.56 Å². The minimum absolute atomic E-state index is 0.121. The zero-order valence-corrected chi connectivity index (χ0v) is 12.0. The molecule has 2 amide bonds. The quantitative estimate of drug-likeness (QED) is 0.774. The molecule has 0 radical (unpaired) electrons. The van der Waals surface area contributed by atoms with Gasteiger partial charge in [-0.05, 0) is 24.3 Å². The van der Waals surface area contributed by atoms with Crippen LogP contribution in [0.3, 0.4) is 0 Å². The van der Waals surface area contributed by atoms with Crippen LogP contribution in [0.25, 0.3) is 11.3 Å². The van der Waals surface area contributed by atoms with Crippen molar-refractivity contribution in [3.8, 4) is 11.3 Å². The second-order valence-electron chi connectivity index (χ2n) is 4.79. The predicted octanol–water partition coefficient (Wildman–Crippen LogP) is 2.69. The number of nitrogens with one attached hydrogen (secondary N) is 1. The van der Waals surface area contributed by atoms with Gasteiger partial charge in [0.25, 0.3) is 5.91 Å². The Hall–Kier alpha value is -3.41. The summed E-state index contributed by atoms with van der Waals surface area (Å²) >= 11 is 0. The first-order valence-electron chi connectivity index (χ1n) is 6.85. The second kappa shape index (κ2) is 6.15. The molecule has 0 aliphatic carbocycles. The smallest absolute Gasteiger partial charge is 0.293 e. The Morgan fingerprint density at radius 3 is 2.35 bits per heavy atom. The number of nitrogens with two attached hydrogens (primary N) is 1. The zero-order chi connectivity index (χ0) is 16.2. The monoisotopic (exact) mass is 307 g/mol. The Bertz CT molecular complexity index is 839. The third-order valence-corrected chi connectivity index (χ3v) is 3.25. The van der Waals surface area contributed by atoms with Crippen LogP contribution in [0.4, 0.5) is 5.69 Å². The average Bonchev–Trinajstić information content (AvgIpc) is 3.06. The fraction of sp³-hybridized carbons (Fsp3) is 0. The lowest BCUT2D eigenvalue weighted by Crippen LogP contribution is -2.13. The van der Waals surface area contributed by atoms with Crippen LogP contribution in [0, 0.1) is 0 Å². The number of nitrogens with zero attached hydrogens (tertiary/aromatic N) is 1. The Morgan fingerprint density at radius 1 is 1.00 bits per heavy atom. The molecule has 0 aliphatic heterocycles. The average molecular weight is 307 g/mol. The van der Waals surface area contributed by atoms with Crippen molar-refractivity contribution in [3.63, 3.8) is 0 Å². The van der Waals surface area contributed by atoms with E-state index >= 15 is 0 Å². The Morgan fingerprint density at radius 2 is 1.70 bits per heavy atom. The predicted molar refractivity (Wildman–Crippen MR) is 84.9 cm³/mol. The van der Waals surface area contributed by atoms with Crippen LogP contribution in [0.5, 0.6) is 0 Å². The summed E-state index contributed by atoms with van der Waals surface area (Å²) in [5.41, 5.74) is 7.33. The summed E-state index contributed by atoms with van der Waals surface area (Å²) in [4.78, 5) is 27.5. The van der Waals surface area contributed by atoms with Gasteiger partial charge in [0.2, 0.25) is 11.7 Å². The van der Waals surface area contributed by atoms with Crippen LogP contribution in [0.1, 0.15) is 20.9 Å². The van der Waals surface area contributed by atoms with Gasteiger partial charge in [-0.25, -0.2) is 4.98 Å². The van der Waals surface area contributed by atoms with Crippen LogP contribution < -0.4 is 11.1 Å². The minimum Gasteiger partial charge on any atom is -0.438 e. The molecule has 6 nitrogen and oxygen atoms in total. The molecule has 1 aromatic heterocycles. The zero-order valence-electron chi connectivity index (χ0n) is 12.0. The summed E-state index contributed by atoms with van der Waals surface area (Å²) in [5.74, 6) is -0.826. The molecule has 6 heteroatoms. The molecule has 0 atom stereocenters. The van der Waals surface area contributed by atoms with Gasteiger partial charge in [-0.2, -0.15) is 0 Å². The molecule has 3 aromatic rings. The maximum absolute atomic E-state index is 12.4. The number of rotatable bonds is 4. The number of benzene rings is 2. The highest BCUT2D eigenvalue weighted by atomic mass is 16.3. The van der Waals surface area contributed by atoms with Crippen molar-refractivity contribution in [2.75, 3.05) is 5.32 Å². The van der Waals surface area contributed by atoms with Crippen LogP contribution in [-0.4, -0.2) is 16.8 Å². The van der Waals surface area contributed by atoms with Crippen molar-refractivity contribution in [1.82, 2.24) is 4.98 Å². The molecule has 0 unspecified atom stereocenters. The summed E-state index contributed by atoms with van der Waals surface area (Å²) in [5, 5.41) is 2.70. The topological polar surface area (TPSA) is 98.2 Å². The van der Waals surface area contributed by atoms with Gasteiger partial charge in [-0.1, -0.05) is 30.3 Å². The van der Waals surface area contributed by atoms with Crippen molar-refractivity contribution in [3.05, 3.63) is 72.3 Å². The summed E-state index contributed by atoms with van der Waals surface area (Å²) in [6.45, 7) is 0. The minimum atomic E-state index is -0.524. The molecule has 2 aromatic carbocycles. The van der Waals surface area contributed by atoms with E-state index in [1.165, 1.54) is 18.5 Å². The van der Waals surface area contributed by atoms with Gasteiger partial charge in [0.15, 0.2) is 6.39 Å². The van der Waals surface area contributed by atoms with Crippen molar-refractivity contribution < 1.29 is 14.0 Å². The molecule has 3 N–H and O–H groups in total. The number of anilines is 1. The maximum atomic E-state index is 12.4. The maximum Gasteiger partial charge on any atom is 0.293 e. The molecule has 0 saturated carbocycles. The highest BCUT2D eigenvalue weighted by Gasteiger charge is 2.18. The van der Waals surface area contributed by atoms with E-state index in [9.17, 15) is 9.59 Å². The van der Waals surface area contributed by atoms with E-state index in [1.807, 2.05) is 30.3 Å². The third kappa shape index (κ3) is 3.11. The van der Waals surface area contributed by atoms with E-state index in [4.69, 9.17) is 10.2 Å². The number of primary amides is 1. The number of hydrogen-bond donors (Lipinski definition) is 2. The Balaban J connectivity index is 1.82. The molecule has 114 valence electrons. The molecule has 0 fully saturated rings. The molecule has 0 bridgehead atoms. The van der Waals surface area contributed by atoms with Crippen molar-refractivity contribution in [1.29, 1.82) is 0 Å². The third-order valence-electron chi connectivity index (χ3n) is 3.25. The second-order valence-corrected chi connectivity index (χ2v) is 4.79. The standard InChI is InChI=1S/C17H13N3O3/c18-16(21)12-6-8-13(9-7-12)20-17(22)15-14(19-10-23-15)11-4-2-1-3-5-11/h1-10H,(H2,18,21)(H,20,22). The fourth-order valence-electron chi connectivity index (χ4n) is 2.11. The summed E-state index contributed by atoms with van der Waals surface area (Å²) in [7, 11) is 0. The van der Waals surface area contributed by atoms with Crippen molar-refractivity contribution in [2.45, 2.75) is 0 Å². The van der Waals surface area contributed by atoms with Gasteiger partial charge in [-0.15, -0.1) is 0 Å². The van der Waals surface area contributed by atoms with Crippen LogP contribution in [-0.2, 0) is 0 Å². The molecular weight excluding hydrogens is 294 g/mol. The lowest BCUT2D eigenvalue weighted by atomic mass is 10.1. The lowest BCUT2D eigenvalue weighted by Gasteiger charge is -2.05. The largest absolute Gasteiger partial charge is 0.438 e. The molecule has 1 heterocycles. The molecule has 23 heavy (non-hydrogen) atoms. The summed E-state index contributed by atoms with van der Waals surface area (Å²) in [6, 6.07) is 15.5. The number of amides is 2. The highest BCUT2D eigenvalue weighted by Crippen LogP contribution is 2.22. The van der Waals surface area contributed by atoms with Gasteiger partial charge in [0.05, 0.1) is 0 Å². The number of carbonyl (C=O) groups excluding carboxylic acids is 2. The van der Waals surface area contributed by atoms with E-state index in [2.05, 4.69) is 10.3 Å². The SMILES string of the molecule is NC(=O)c1ccc(NC(=O)c2ocnc2-c2ccccc2)cc1. The number of oxazole rings is 1. The van der Waals surface area contributed by atoms with E-state index in [0.29, 0.717) is 16.9 Å². The van der Waals surface area contributed by atoms with Gasteiger partial charge in [-0.3, -0.25) is 9.59 Å². The summed E-state index contributed by atoms with van der Waals surface area (Å²) < 4.78 is 5.22. The lowest BCUT2D eigenvalue weighted by molar-refractivity contribution is 0.0992. The molecule has 0 spiro atoms. The van der Waals surface area contributed by atoms with Gasteiger partial charge >= 0.3 is 0 Å². The normalized spacial score (nSPS) is 10.3. The number of carbonyl (C=O) groups is 2. The van der Waals surface area contributed by atoms with Crippen molar-refractivity contribution in [2.24, 2.45) is 5.73 Å². The van der Waals surface area contributed by atoms with E-state index in [1.54, 1.807) is 12.1 Å². The van der Waals surface area contributed by atoms with Gasteiger partial charge < -0.3 is 15.5 Å². The molecular formula is C17H13N3O3. The van der Waals surface area contributed by atoms with Crippen LogP contribution in [0.2, 0.25) is 0 Å². The van der Waals surface area contributed by atoms with Gasteiger partial charge in [0, 0.05) is 16.8 Å². The Kier molecular flexibility index (Phi) is 3.88.